The van der Waals surface area contributed by atoms with Gasteiger partial charge in [-0.05, 0) is 19.5 Å². The van der Waals surface area contributed by atoms with Gasteiger partial charge in [0, 0.05) is 18.5 Å². The summed E-state index contributed by atoms with van der Waals surface area (Å²) in [5.74, 6) is -1.31. The van der Waals surface area contributed by atoms with Crippen molar-refractivity contribution in [3.63, 3.8) is 0 Å². The van der Waals surface area contributed by atoms with Crippen LogP contribution < -0.4 is 0 Å². The van der Waals surface area contributed by atoms with Gasteiger partial charge >= 0.3 is 5.97 Å². The van der Waals surface area contributed by atoms with Crippen LogP contribution in [0.3, 0.4) is 0 Å². The summed E-state index contributed by atoms with van der Waals surface area (Å²) in [4.78, 5) is 17.9. The Morgan fingerprint density at radius 3 is 2.65 bits per heavy atom. The quantitative estimate of drug-likeness (QED) is 0.889. The highest BCUT2D eigenvalue weighted by Gasteiger charge is 2.21. The zero-order chi connectivity index (χ0) is 14.5. The van der Waals surface area contributed by atoms with Gasteiger partial charge in [-0.15, -0.1) is 11.3 Å². The molecule has 1 unspecified atom stereocenters. The Morgan fingerprint density at radius 1 is 1.40 bits per heavy atom. The van der Waals surface area contributed by atoms with Crippen molar-refractivity contribution in [2.24, 2.45) is 0 Å². The molecule has 106 valence electrons. The maximum absolute atomic E-state index is 11.5. The van der Waals surface area contributed by atoms with Gasteiger partial charge < -0.3 is 5.11 Å². The van der Waals surface area contributed by atoms with Crippen molar-refractivity contribution in [3.05, 3.63) is 52.0 Å². The first kappa shape index (κ1) is 14.7. The molecule has 0 saturated carbocycles. The van der Waals surface area contributed by atoms with E-state index < -0.39 is 11.9 Å². The smallest absolute Gasteiger partial charge is 0.312 e. The van der Waals surface area contributed by atoms with E-state index in [0.29, 0.717) is 13.1 Å². The number of rotatable bonds is 6. The minimum absolute atomic E-state index is 0.468. The highest BCUT2D eigenvalue weighted by atomic mass is 32.1. The molecule has 0 spiro atoms. The first-order valence-corrected chi connectivity index (χ1v) is 7.31. The molecule has 0 fully saturated rings. The first-order valence-electron chi connectivity index (χ1n) is 6.43. The minimum Gasteiger partial charge on any atom is -0.481 e. The average molecular weight is 290 g/mol. The van der Waals surface area contributed by atoms with Gasteiger partial charge in [0.15, 0.2) is 0 Å². The fourth-order valence-corrected chi connectivity index (χ4v) is 2.75. The minimum atomic E-state index is -0.794. The predicted octanol–water partition coefficient (Wildman–Crippen LogP) is 2.75. The lowest BCUT2D eigenvalue weighted by Crippen LogP contribution is -2.28. The van der Waals surface area contributed by atoms with Gasteiger partial charge in [-0.1, -0.05) is 30.3 Å². The average Bonchev–Trinajstić information content (AvgIpc) is 2.82. The van der Waals surface area contributed by atoms with Crippen LogP contribution in [0.5, 0.6) is 0 Å². The summed E-state index contributed by atoms with van der Waals surface area (Å²) in [5, 5.41) is 12.5. The van der Waals surface area contributed by atoms with E-state index in [1.807, 2.05) is 54.6 Å². The summed E-state index contributed by atoms with van der Waals surface area (Å²) in [5.41, 5.74) is 1.83. The van der Waals surface area contributed by atoms with Crippen LogP contribution in [0.1, 0.15) is 22.2 Å². The summed E-state index contributed by atoms with van der Waals surface area (Å²) < 4.78 is 0. The topological polar surface area (TPSA) is 53.4 Å². The molecule has 1 aromatic carbocycles. The standard InChI is InChI=1S/C15H18N2O2S/c1-11-16-13(10-20-11)8-17(2)9-14(15(18)19)12-6-4-3-5-7-12/h3-7,10,14H,8-9H2,1-2H3,(H,18,19). The summed E-state index contributed by atoms with van der Waals surface area (Å²) in [6.45, 7) is 3.11. The number of aliphatic carboxylic acids is 1. The molecule has 4 nitrogen and oxygen atoms in total. The van der Waals surface area contributed by atoms with Crippen molar-refractivity contribution in [1.29, 1.82) is 0 Å². The third kappa shape index (κ3) is 3.88. The lowest BCUT2D eigenvalue weighted by atomic mass is 9.99. The number of nitrogens with zero attached hydrogens (tertiary/aromatic N) is 2. The largest absolute Gasteiger partial charge is 0.481 e. The number of aromatic nitrogens is 1. The molecule has 5 heteroatoms. The highest BCUT2D eigenvalue weighted by molar-refractivity contribution is 7.09. The second-order valence-corrected chi connectivity index (χ2v) is 5.92. The molecule has 1 N–H and O–H groups in total. The number of aryl methyl sites for hydroxylation is 1. The molecule has 2 rings (SSSR count). The van der Waals surface area contributed by atoms with Gasteiger partial charge in [-0.3, -0.25) is 9.69 Å². The summed E-state index contributed by atoms with van der Waals surface area (Å²) in [6.07, 6.45) is 0. The van der Waals surface area contributed by atoms with Crippen LogP contribution in [0.2, 0.25) is 0 Å². The molecule has 0 radical (unpaired) electrons. The number of thiazole rings is 1. The lowest BCUT2D eigenvalue weighted by molar-refractivity contribution is -0.139. The Labute approximate surface area is 122 Å². The van der Waals surface area contributed by atoms with Gasteiger partial charge in [0.2, 0.25) is 0 Å². The van der Waals surface area contributed by atoms with Gasteiger partial charge in [-0.2, -0.15) is 0 Å². The van der Waals surface area contributed by atoms with Crippen LogP contribution >= 0.6 is 11.3 Å². The number of hydrogen-bond donors (Lipinski definition) is 1. The zero-order valence-corrected chi connectivity index (χ0v) is 12.4. The van der Waals surface area contributed by atoms with Crippen molar-refractivity contribution >= 4 is 17.3 Å². The third-order valence-corrected chi connectivity index (χ3v) is 3.92. The van der Waals surface area contributed by atoms with E-state index in [2.05, 4.69) is 4.98 Å². The van der Waals surface area contributed by atoms with Gasteiger partial charge in [0.05, 0.1) is 16.6 Å². The fourth-order valence-electron chi connectivity index (χ4n) is 2.15. The van der Waals surface area contributed by atoms with E-state index in [1.54, 1.807) is 11.3 Å². The van der Waals surface area contributed by atoms with E-state index in [0.717, 1.165) is 16.3 Å². The molecule has 0 bridgehead atoms. The zero-order valence-electron chi connectivity index (χ0n) is 11.6. The Kier molecular flexibility index (Phi) is 4.87. The van der Waals surface area contributed by atoms with Crippen LogP contribution in [-0.2, 0) is 11.3 Å². The molecule has 20 heavy (non-hydrogen) atoms. The maximum Gasteiger partial charge on any atom is 0.312 e. The van der Waals surface area contributed by atoms with Gasteiger partial charge in [-0.25, -0.2) is 4.98 Å². The van der Waals surface area contributed by atoms with Crippen molar-refractivity contribution in [1.82, 2.24) is 9.88 Å². The lowest BCUT2D eigenvalue weighted by Gasteiger charge is -2.20. The van der Waals surface area contributed by atoms with Crippen molar-refractivity contribution in [2.45, 2.75) is 19.4 Å². The SMILES string of the molecule is Cc1nc(CN(C)CC(C(=O)O)c2ccccc2)cs1. The number of benzene rings is 1. The van der Waals surface area contributed by atoms with Crippen LogP contribution in [0, 0.1) is 6.92 Å². The molecular formula is C15H18N2O2S. The first-order chi connectivity index (χ1) is 9.56. The second kappa shape index (κ2) is 6.63. The maximum atomic E-state index is 11.5. The molecule has 0 amide bonds. The Bertz CT molecular complexity index is 568. The number of carbonyl (C=O) groups is 1. The van der Waals surface area contributed by atoms with Gasteiger partial charge in [0.25, 0.3) is 0 Å². The van der Waals surface area contributed by atoms with Crippen molar-refractivity contribution < 1.29 is 9.90 Å². The normalized spacial score (nSPS) is 12.6. The number of likely N-dealkylation sites (N-methyl/N-ethyl adjacent to an activating group) is 1. The molecule has 2 aromatic rings. The van der Waals surface area contributed by atoms with E-state index in [-0.39, 0.29) is 0 Å². The number of hydrogen-bond acceptors (Lipinski definition) is 4. The Balaban J connectivity index is 2.03. The van der Waals surface area contributed by atoms with Crippen LogP contribution in [0.15, 0.2) is 35.7 Å². The van der Waals surface area contributed by atoms with Crippen molar-refractivity contribution in [2.75, 3.05) is 13.6 Å². The van der Waals surface area contributed by atoms with Crippen LogP contribution in [0.25, 0.3) is 0 Å². The summed E-state index contributed by atoms with van der Waals surface area (Å²) >= 11 is 1.61. The summed E-state index contributed by atoms with van der Waals surface area (Å²) in [6, 6.07) is 9.35. The predicted molar refractivity (Wildman–Crippen MR) is 80.0 cm³/mol. The monoisotopic (exact) mass is 290 g/mol. The van der Waals surface area contributed by atoms with Crippen LogP contribution in [0.4, 0.5) is 0 Å². The van der Waals surface area contributed by atoms with Gasteiger partial charge in [0.1, 0.15) is 0 Å². The molecule has 1 heterocycles. The number of carboxylic acid groups (broad SMARTS) is 1. The Hall–Kier alpha value is -1.72. The van der Waals surface area contributed by atoms with E-state index >= 15 is 0 Å². The third-order valence-electron chi connectivity index (χ3n) is 3.09. The summed E-state index contributed by atoms with van der Waals surface area (Å²) in [7, 11) is 1.92. The molecule has 0 aliphatic carbocycles. The van der Waals surface area contributed by atoms with Crippen molar-refractivity contribution in [3.8, 4) is 0 Å². The molecule has 0 aliphatic rings. The van der Waals surface area contributed by atoms with E-state index in [4.69, 9.17) is 0 Å². The van der Waals surface area contributed by atoms with E-state index in [9.17, 15) is 9.90 Å². The number of carboxylic acids is 1. The van der Waals surface area contributed by atoms with Crippen LogP contribution in [-0.4, -0.2) is 34.6 Å². The molecular weight excluding hydrogens is 272 g/mol. The van der Waals surface area contributed by atoms with E-state index in [1.165, 1.54) is 0 Å². The fraction of sp³-hybridized carbons (Fsp3) is 0.333. The Morgan fingerprint density at radius 2 is 2.10 bits per heavy atom. The molecule has 1 atom stereocenters. The second-order valence-electron chi connectivity index (χ2n) is 4.86. The molecule has 0 aliphatic heterocycles. The molecule has 0 saturated heterocycles. The molecule has 1 aromatic heterocycles. The highest BCUT2D eigenvalue weighted by Crippen LogP contribution is 2.18.